The van der Waals surface area contributed by atoms with Crippen LogP contribution in [0.2, 0.25) is 0 Å². The van der Waals surface area contributed by atoms with Crippen molar-refractivity contribution in [1.82, 2.24) is 10.3 Å². The second-order valence-corrected chi connectivity index (χ2v) is 4.69. The maximum absolute atomic E-state index is 4.33. The first-order chi connectivity index (χ1) is 8.36. The monoisotopic (exact) mass is 234 g/mol. The van der Waals surface area contributed by atoms with E-state index in [1.807, 2.05) is 12.3 Å². The molecule has 0 aliphatic heterocycles. The molecule has 1 unspecified atom stereocenters. The molecule has 0 aliphatic carbocycles. The van der Waals surface area contributed by atoms with E-state index in [0.29, 0.717) is 0 Å². The molecule has 2 nitrogen and oxygen atoms in total. The Hall–Kier alpha value is -0.890. The normalized spacial score (nSPS) is 12.6. The molecule has 0 aromatic carbocycles. The van der Waals surface area contributed by atoms with Crippen LogP contribution in [0.25, 0.3) is 0 Å². The fourth-order valence-corrected chi connectivity index (χ4v) is 2.01. The molecule has 1 aromatic rings. The van der Waals surface area contributed by atoms with Crippen molar-refractivity contribution in [2.75, 3.05) is 13.1 Å². The van der Waals surface area contributed by atoms with Gasteiger partial charge in [-0.15, -0.1) is 0 Å². The van der Waals surface area contributed by atoms with Crippen molar-refractivity contribution in [3.05, 3.63) is 30.1 Å². The highest BCUT2D eigenvalue weighted by Crippen LogP contribution is 2.11. The van der Waals surface area contributed by atoms with Gasteiger partial charge in [0.25, 0.3) is 0 Å². The zero-order valence-corrected chi connectivity index (χ0v) is 11.3. The summed E-state index contributed by atoms with van der Waals surface area (Å²) in [7, 11) is 0. The molecule has 0 fully saturated rings. The van der Waals surface area contributed by atoms with E-state index in [1.165, 1.54) is 31.4 Å². The lowest BCUT2D eigenvalue weighted by Gasteiger charge is -2.15. The number of nitrogens with one attached hydrogen (secondary N) is 1. The number of hydrogen-bond acceptors (Lipinski definition) is 2. The van der Waals surface area contributed by atoms with Crippen LogP contribution in [-0.2, 0) is 6.42 Å². The molecule has 0 bridgehead atoms. The van der Waals surface area contributed by atoms with Crippen LogP contribution in [0.3, 0.4) is 0 Å². The molecule has 1 atom stereocenters. The van der Waals surface area contributed by atoms with Gasteiger partial charge in [0.15, 0.2) is 0 Å². The summed E-state index contributed by atoms with van der Waals surface area (Å²) in [5, 5.41) is 3.55. The zero-order valence-electron chi connectivity index (χ0n) is 11.3. The van der Waals surface area contributed by atoms with Crippen LogP contribution in [0.1, 0.15) is 45.2 Å². The second kappa shape index (κ2) is 9.17. The maximum atomic E-state index is 4.33. The van der Waals surface area contributed by atoms with Gasteiger partial charge in [0, 0.05) is 24.9 Å². The number of aromatic nitrogens is 1. The predicted octanol–water partition coefficient (Wildman–Crippen LogP) is 3.43. The smallest absolute Gasteiger partial charge is 0.0416 e. The molecular formula is C15H26N2. The first kappa shape index (κ1) is 14.2. The average Bonchev–Trinajstić information content (AvgIpc) is 2.39. The number of rotatable bonds is 9. The van der Waals surface area contributed by atoms with Gasteiger partial charge in [0.1, 0.15) is 0 Å². The van der Waals surface area contributed by atoms with Gasteiger partial charge in [0.2, 0.25) is 0 Å². The van der Waals surface area contributed by atoms with E-state index in [9.17, 15) is 0 Å². The second-order valence-electron chi connectivity index (χ2n) is 4.69. The quantitative estimate of drug-likeness (QED) is 0.662. The lowest BCUT2D eigenvalue weighted by Crippen LogP contribution is -2.24. The molecule has 0 spiro atoms. The van der Waals surface area contributed by atoms with Crippen LogP contribution in [0.15, 0.2) is 24.4 Å². The molecule has 1 heterocycles. The third-order valence-corrected chi connectivity index (χ3v) is 3.26. The van der Waals surface area contributed by atoms with Gasteiger partial charge in [-0.25, -0.2) is 0 Å². The molecule has 1 N–H and O–H groups in total. The van der Waals surface area contributed by atoms with Crippen LogP contribution in [0, 0.1) is 5.92 Å². The van der Waals surface area contributed by atoms with Gasteiger partial charge in [-0.2, -0.15) is 0 Å². The molecule has 0 amide bonds. The SMILES string of the molecule is CCCCC(CC)CNCCc1ccccn1. The molecule has 2 heteroatoms. The van der Waals surface area contributed by atoms with Crippen molar-refractivity contribution < 1.29 is 0 Å². The Morgan fingerprint density at radius 3 is 2.82 bits per heavy atom. The Bertz CT molecular complexity index is 272. The highest BCUT2D eigenvalue weighted by atomic mass is 14.9. The van der Waals surface area contributed by atoms with Crippen molar-refractivity contribution in [2.24, 2.45) is 5.92 Å². The standard InChI is InChI=1S/C15H26N2/c1-3-5-8-14(4-2)13-16-12-10-15-9-6-7-11-17-15/h6-7,9,11,14,16H,3-5,8,10,12-13H2,1-2H3. The Morgan fingerprint density at radius 1 is 1.29 bits per heavy atom. The van der Waals surface area contributed by atoms with Crippen LogP contribution in [0.4, 0.5) is 0 Å². The van der Waals surface area contributed by atoms with Gasteiger partial charge in [-0.3, -0.25) is 4.98 Å². The highest BCUT2D eigenvalue weighted by Gasteiger charge is 2.04. The summed E-state index contributed by atoms with van der Waals surface area (Å²) in [6, 6.07) is 6.11. The van der Waals surface area contributed by atoms with Crippen molar-refractivity contribution in [3.63, 3.8) is 0 Å². The minimum absolute atomic E-state index is 0.846. The number of pyridine rings is 1. The van der Waals surface area contributed by atoms with Gasteiger partial charge in [-0.1, -0.05) is 39.2 Å². The van der Waals surface area contributed by atoms with Crippen molar-refractivity contribution in [1.29, 1.82) is 0 Å². The van der Waals surface area contributed by atoms with E-state index in [0.717, 1.165) is 25.4 Å². The van der Waals surface area contributed by atoms with Gasteiger partial charge in [-0.05, 0) is 31.0 Å². The molecule has 96 valence electrons. The van der Waals surface area contributed by atoms with E-state index in [4.69, 9.17) is 0 Å². The van der Waals surface area contributed by atoms with Crippen LogP contribution < -0.4 is 5.32 Å². The fourth-order valence-electron chi connectivity index (χ4n) is 2.01. The zero-order chi connectivity index (χ0) is 12.3. The van der Waals surface area contributed by atoms with E-state index in [1.54, 1.807) is 0 Å². The lowest BCUT2D eigenvalue weighted by atomic mass is 9.99. The van der Waals surface area contributed by atoms with Crippen molar-refractivity contribution >= 4 is 0 Å². The first-order valence-electron chi connectivity index (χ1n) is 6.97. The molecule has 0 radical (unpaired) electrons. The largest absolute Gasteiger partial charge is 0.316 e. The molecule has 0 saturated heterocycles. The van der Waals surface area contributed by atoms with E-state index in [2.05, 4.69) is 36.3 Å². The van der Waals surface area contributed by atoms with Gasteiger partial charge >= 0.3 is 0 Å². The lowest BCUT2D eigenvalue weighted by molar-refractivity contribution is 0.421. The predicted molar refractivity (Wildman–Crippen MR) is 74.1 cm³/mol. The summed E-state index contributed by atoms with van der Waals surface area (Å²) < 4.78 is 0. The van der Waals surface area contributed by atoms with Crippen LogP contribution in [0.5, 0.6) is 0 Å². The van der Waals surface area contributed by atoms with E-state index in [-0.39, 0.29) is 0 Å². The Morgan fingerprint density at radius 2 is 2.18 bits per heavy atom. The summed E-state index contributed by atoms with van der Waals surface area (Å²) in [6.07, 6.45) is 8.22. The number of nitrogens with zero attached hydrogens (tertiary/aromatic N) is 1. The fraction of sp³-hybridized carbons (Fsp3) is 0.667. The maximum Gasteiger partial charge on any atom is 0.0416 e. The van der Waals surface area contributed by atoms with Crippen molar-refractivity contribution in [2.45, 2.75) is 46.0 Å². The van der Waals surface area contributed by atoms with Gasteiger partial charge < -0.3 is 5.32 Å². The minimum atomic E-state index is 0.846. The average molecular weight is 234 g/mol. The number of hydrogen-bond donors (Lipinski definition) is 1. The summed E-state index contributed by atoms with van der Waals surface area (Å²) in [6.45, 7) is 6.75. The van der Waals surface area contributed by atoms with E-state index >= 15 is 0 Å². The Balaban J connectivity index is 2.10. The summed E-state index contributed by atoms with van der Waals surface area (Å²) in [5.41, 5.74) is 1.18. The molecule has 1 rings (SSSR count). The topological polar surface area (TPSA) is 24.9 Å². The molecule has 17 heavy (non-hydrogen) atoms. The summed E-state index contributed by atoms with van der Waals surface area (Å²) in [4.78, 5) is 4.33. The first-order valence-corrected chi connectivity index (χ1v) is 6.97. The Labute approximate surface area is 106 Å². The molecule has 0 saturated carbocycles. The molecule has 1 aromatic heterocycles. The third kappa shape index (κ3) is 6.42. The van der Waals surface area contributed by atoms with Gasteiger partial charge in [0.05, 0.1) is 0 Å². The van der Waals surface area contributed by atoms with Crippen molar-refractivity contribution in [3.8, 4) is 0 Å². The summed E-state index contributed by atoms with van der Waals surface area (Å²) >= 11 is 0. The Kier molecular flexibility index (Phi) is 7.65. The molecule has 0 aliphatic rings. The number of unbranched alkanes of at least 4 members (excludes halogenated alkanes) is 1. The highest BCUT2D eigenvalue weighted by molar-refractivity contribution is 5.03. The summed E-state index contributed by atoms with van der Waals surface area (Å²) in [5.74, 6) is 0.846. The van der Waals surface area contributed by atoms with Crippen LogP contribution >= 0.6 is 0 Å². The van der Waals surface area contributed by atoms with E-state index < -0.39 is 0 Å². The third-order valence-electron chi connectivity index (χ3n) is 3.26. The minimum Gasteiger partial charge on any atom is -0.316 e. The molecular weight excluding hydrogens is 208 g/mol. The van der Waals surface area contributed by atoms with Crippen LogP contribution in [-0.4, -0.2) is 18.1 Å².